The van der Waals surface area contributed by atoms with E-state index in [4.69, 9.17) is 8.83 Å². The number of aromatic nitrogens is 1. The SMILES string of the molecule is Cc1ccc2nc(-c3ccc(C)c(NC(=O)c4ccco4)c3)oc2c1. The van der Waals surface area contributed by atoms with Gasteiger partial charge in [-0.2, -0.15) is 0 Å². The van der Waals surface area contributed by atoms with Gasteiger partial charge in [-0.25, -0.2) is 4.98 Å². The zero-order valence-corrected chi connectivity index (χ0v) is 13.9. The highest BCUT2D eigenvalue weighted by Crippen LogP contribution is 2.28. The van der Waals surface area contributed by atoms with Crippen LogP contribution in [0.3, 0.4) is 0 Å². The summed E-state index contributed by atoms with van der Waals surface area (Å²) in [6, 6.07) is 14.9. The van der Waals surface area contributed by atoms with Crippen molar-refractivity contribution >= 4 is 22.7 Å². The van der Waals surface area contributed by atoms with Gasteiger partial charge in [-0.3, -0.25) is 4.79 Å². The molecule has 0 atom stereocenters. The Morgan fingerprint density at radius 1 is 1.08 bits per heavy atom. The Morgan fingerprint density at radius 2 is 1.96 bits per heavy atom. The van der Waals surface area contributed by atoms with Crippen LogP contribution < -0.4 is 5.32 Å². The fourth-order valence-corrected chi connectivity index (χ4v) is 2.64. The molecule has 0 aliphatic heterocycles. The molecule has 5 heteroatoms. The first-order valence-corrected chi connectivity index (χ1v) is 7.93. The molecule has 4 rings (SSSR count). The molecule has 124 valence electrons. The van der Waals surface area contributed by atoms with Crippen LogP contribution in [0.1, 0.15) is 21.7 Å². The van der Waals surface area contributed by atoms with Gasteiger partial charge in [-0.1, -0.05) is 12.1 Å². The highest BCUT2D eigenvalue weighted by Gasteiger charge is 2.13. The number of carbonyl (C=O) groups is 1. The number of aryl methyl sites for hydroxylation is 2. The third-order valence-electron chi connectivity index (χ3n) is 4.02. The maximum absolute atomic E-state index is 12.2. The minimum Gasteiger partial charge on any atom is -0.459 e. The van der Waals surface area contributed by atoms with Gasteiger partial charge in [0, 0.05) is 11.3 Å². The number of nitrogens with zero attached hydrogens (tertiary/aromatic N) is 1. The van der Waals surface area contributed by atoms with E-state index in [1.54, 1.807) is 12.1 Å². The predicted molar refractivity (Wildman–Crippen MR) is 95.6 cm³/mol. The van der Waals surface area contributed by atoms with Crippen LogP contribution in [0.25, 0.3) is 22.6 Å². The monoisotopic (exact) mass is 332 g/mol. The fourth-order valence-electron chi connectivity index (χ4n) is 2.64. The molecule has 4 aromatic rings. The minimum atomic E-state index is -0.293. The lowest BCUT2D eigenvalue weighted by Gasteiger charge is -2.08. The van der Waals surface area contributed by atoms with Gasteiger partial charge in [0.15, 0.2) is 11.3 Å². The summed E-state index contributed by atoms with van der Waals surface area (Å²) in [6.45, 7) is 3.94. The first-order valence-electron chi connectivity index (χ1n) is 7.93. The molecule has 0 unspecified atom stereocenters. The van der Waals surface area contributed by atoms with Crippen molar-refractivity contribution < 1.29 is 13.6 Å². The second-order valence-electron chi connectivity index (χ2n) is 5.95. The number of anilines is 1. The average Bonchev–Trinajstić information content (AvgIpc) is 3.25. The lowest BCUT2D eigenvalue weighted by molar-refractivity contribution is 0.0996. The van der Waals surface area contributed by atoms with Gasteiger partial charge < -0.3 is 14.2 Å². The number of benzene rings is 2. The average molecular weight is 332 g/mol. The van der Waals surface area contributed by atoms with E-state index in [1.807, 2.05) is 50.2 Å². The van der Waals surface area contributed by atoms with E-state index in [2.05, 4.69) is 10.3 Å². The van der Waals surface area contributed by atoms with E-state index < -0.39 is 0 Å². The third-order valence-corrected chi connectivity index (χ3v) is 4.02. The highest BCUT2D eigenvalue weighted by atomic mass is 16.3. The minimum absolute atomic E-state index is 0.266. The zero-order chi connectivity index (χ0) is 17.4. The molecule has 0 saturated heterocycles. The number of carbonyl (C=O) groups excluding carboxylic acids is 1. The Morgan fingerprint density at radius 3 is 2.76 bits per heavy atom. The first kappa shape index (κ1) is 15.2. The van der Waals surface area contributed by atoms with Gasteiger partial charge in [0.1, 0.15) is 5.52 Å². The lowest BCUT2D eigenvalue weighted by atomic mass is 10.1. The molecular weight excluding hydrogens is 316 g/mol. The van der Waals surface area contributed by atoms with E-state index in [0.717, 1.165) is 27.8 Å². The van der Waals surface area contributed by atoms with Gasteiger partial charge in [0.2, 0.25) is 5.89 Å². The van der Waals surface area contributed by atoms with Crippen molar-refractivity contribution in [3.05, 3.63) is 71.7 Å². The Bertz CT molecular complexity index is 1060. The number of hydrogen-bond acceptors (Lipinski definition) is 4. The van der Waals surface area contributed by atoms with E-state index in [-0.39, 0.29) is 11.7 Å². The van der Waals surface area contributed by atoms with Crippen molar-refractivity contribution in [2.24, 2.45) is 0 Å². The number of nitrogens with one attached hydrogen (secondary N) is 1. The lowest BCUT2D eigenvalue weighted by Crippen LogP contribution is -2.11. The molecule has 0 saturated carbocycles. The van der Waals surface area contributed by atoms with E-state index in [0.29, 0.717) is 11.6 Å². The van der Waals surface area contributed by atoms with Crippen LogP contribution in [0.4, 0.5) is 5.69 Å². The van der Waals surface area contributed by atoms with Gasteiger partial charge >= 0.3 is 0 Å². The van der Waals surface area contributed by atoms with Gasteiger partial charge in [-0.05, 0) is 61.4 Å². The van der Waals surface area contributed by atoms with Crippen molar-refractivity contribution in [1.82, 2.24) is 4.98 Å². The van der Waals surface area contributed by atoms with Crippen LogP contribution in [0.2, 0.25) is 0 Å². The van der Waals surface area contributed by atoms with Crippen LogP contribution in [-0.4, -0.2) is 10.9 Å². The van der Waals surface area contributed by atoms with E-state index >= 15 is 0 Å². The number of oxazole rings is 1. The second-order valence-corrected chi connectivity index (χ2v) is 5.95. The van der Waals surface area contributed by atoms with Crippen LogP contribution in [0.15, 0.2) is 63.6 Å². The Kier molecular flexibility index (Phi) is 3.61. The molecule has 2 aromatic carbocycles. The van der Waals surface area contributed by atoms with Crippen LogP contribution in [-0.2, 0) is 0 Å². The third kappa shape index (κ3) is 2.92. The highest BCUT2D eigenvalue weighted by molar-refractivity contribution is 6.03. The number of rotatable bonds is 3. The molecule has 2 heterocycles. The van der Waals surface area contributed by atoms with E-state index in [1.165, 1.54) is 6.26 Å². The standard InChI is InChI=1S/C20H16N2O3/c1-12-5-8-15-18(10-12)25-20(22-15)14-7-6-13(2)16(11-14)21-19(23)17-4-3-9-24-17/h3-11H,1-2H3,(H,21,23). The zero-order valence-electron chi connectivity index (χ0n) is 13.9. The maximum atomic E-state index is 12.2. The molecule has 25 heavy (non-hydrogen) atoms. The van der Waals surface area contributed by atoms with Gasteiger partial charge in [0.05, 0.1) is 6.26 Å². The Labute approximate surface area is 144 Å². The number of amides is 1. The molecule has 0 radical (unpaired) electrons. The molecule has 0 bridgehead atoms. The van der Waals surface area contributed by atoms with Crippen LogP contribution in [0.5, 0.6) is 0 Å². The molecule has 1 N–H and O–H groups in total. The smallest absolute Gasteiger partial charge is 0.291 e. The van der Waals surface area contributed by atoms with Crippen molar-refractivity contribution in [3.63, 3.8) is 0 Å². The molecule has 1 amide bonds. The number of hydrogen-bond donors (Lipinski definition) is 1. The van der Waals surface area contributed by atoms with Crippen molar-refractivity contribution in [2.45, 2.75) is 13.8 Å². The fraction of sp³-hybridized carbons (Fsp3) is 0.100. The van der Waals surface area contributed by atoms with Crippen molar-refractivity contribution in [3.8, 4) is 11.5 Å². The molecule has 0 spiro atoms. The topological polar surface area (TPSA) is 68.3 Å². The second kappa shape index (κ2) is 5.94. The summed E-state index contributed by atoms with van der Waals surface area (Å²) >= 11 is 0. The summed E-state index contributed by atoms with van der Waals surface area (Å²) in [6.07, 6.45) is 1.47. The van der Waals surface area contributed by atoms with Crippen LogP contribution in [0, 0.1) is 13.8 Å². The van der Waals surface area contributed by atoms with Gasteiger partial charge in [-0.15, -0.1) is 0 Å². The maximum Gasteiger partial charge on any atom is 0.291 e. The summed E-state index contributed by atoms with van der Waals surface area (Å²) in [5.74, 6) is 0.495. The summed E-state index contributed by atoms with van der Waals surface area (Å²) in [5.41, 5.74) is 5.10. The van der Waals surface area contributed by atoms with Crippen LogP contribution >= 0.6 is 0 Å². The summed E-state index contributed by atoms with van der Waals surface area (Å²) in [5, 5.41) is 2.86. The quantitative estimate of drug-likeness (QED) is 0.576. The number of furan rings is 1. The van der Waals surface area contributed by atoms with E-state index in [9.17, 15) is 4.79 Å². The Balaban J connectivity index is 1.69. The van der Waals surface area contributed by atoms with Crippen molar-refractivity contribution in [2.75, 3.05) is 5.32 Å². The molecule has 2 aromatic heterocycles. The molecule has 0 aliphatic carbocycles. The first-order chi connectivity index (χ1) is 12.1. The number of fused-ring (bicyclic) bond motifs is 1. The summed E-state index contributed by atoms with van der Waals surface area (Å²) in [7, 11) is 0. The Hall–Kier alpha value is -3.34. The molecule has 5 nitrogen and oxygen atoms in total. The predicted octanol–water partition coefficient (Wildman–Crippen LogP) is 4.96. The molecule has 0 fully saturated rings. The van der Waals surface area contributed by atoms with Crippen molar-refractivity contribution in [1.29, 1.82) is 0 Å². The largest absolute Gasteiger partial charge is 0.459 e. The molecule has 0 aliphatic rings. The molecular formula is C20H16N2O3. The summed E-state index contributed by atoms with van der Waals surface area (Å²) in [4.78, 5) is 16.7. The summed E-state index contributed by atoms with van der Waals surface area (Å²) < 4.78 is 11.0. The normalized spacial score (nSPS) is 11.0. The van der Waals surface area contributed by atoms with Gasteiger partial charge in [0.25, 0.3) is 5.91 Å².